The highest BCUT2D eigenvalue weighted by atomic mass is 35.5. The molecule has 1 N–H and O–H groups in total. The third kappa shape index (κ3) is 4.21. The second-order valence-corrected chi connectivity index (χ2v) is 6.30. The molecule has 0 atom stereocenters. The van der Waals surface area contributed by atoms with Gasteiger partial charge in [-0.1, -0.05) is 74.4 Å². The number of phenolic OH excluding ortho intramolecular Hbond substituents is 1. The third-order valence-electron chi connectivity index (χ3n) is 3.76. The summed E-state index contributed by atoms with van der Waals surface area (Å²) < 4.78 is 5.86. The number of rotatable bonds is 8. The molecule has 2 aromatic rings. The van der Waals surface area contributed by atoms with Crippen molar-refractivity contribution in [3.8, 4) is 11.5 Å². The fourth-order valence-electron chi connectivity index (χ4n) is 2.54. The van der Waals surface area contributed by atoms with Crippen LogP contribution in [0, 0.1) is 0 Å². The Labute approximate surface area is 142 Å². The zero-order valence-corrected chi connectivity index (χ0v) is 14.4. The van der Waals surface area contributed by atoms with E-state index in [1.165, 1.54) is 32.1 Å². The molecular formula is C18H22Cl2O2. The number of unbranched alkanes of at least 4 members (excludes halogenated alkanes) is 5. The predicted molar refractivity (Wildman–Crippen MR) is 94.5 cm³/mol. The van der Waals surface area contributed by atoms with Crippen LogP contribution in [0.4, 0.5) is 0 Å². The largest absolute Gasteiger partial charge is 0.506 e. The molecule has 2 aromatic carbocycles. The number of hydrogen-bond donors (Lipinski definition) is 1. The zero-order valence-electron chi connectivity index (χ0n) is 12.9. The summed E-state index contributed by atoms with van der Waals surface area (Å²) in [6.45, 7) is 2.87. The van der Waals surface area contributed by atoms with Gasteiger partial charge in [-0.05, 0) is 18.6 Å². The maximum absolute atomic E-state index is 10.1. The summed E-state index contributed by atoms with van der Waals surface area (Å²) in [5.41, 5.74) is 0. The SMILES string of the molecule is CCCCCCCCOc1cccc2c(O)c(Cl)cc(Cl)c12. The quantitative estimate of drug-likeness (QED) is 0.549. The molecule has 0 spiro atoms. The van der Waals surface area contributed by atoms with Gasteiger partial charge in [-0.15, -0.1) is 0 Å². The van der Waals surface area contributed by atoms with Crippen molar-refractivity contribution in [2.24, 2.45) is 0 Å². The minimum atomic E-state index is 0.0473. The van der Waals surface area contributed by atoms with E-state index >= 15 is 0 Å². The van der Waals surface area contributed by atoms with E-state index in [9.17, 15) is 5.11 Å². The molecule has 0 heterocycles. The molecule has 0 aromatic heterocycles. The number of benzene rings is 2. The van der Waals surface area contributed by atoms with Crippen molar-refractivity contribution in [2.75, 3.05) is 6.61 Å². The minimum Gasteiger partial charge on any atom is -0.506 e. The lowest BCUT2D eigenvalue weighted by molar-refractivity contribution is 0.308. The topological polar surface area (TPSA) is 29.5 Å². The number of hydrogen-bond acceptors (Lipinski definition) is 2. The Morgan fingerprint density at radius 1 is 1.00 bits per heavy atom. The smallest absolute Gasteiger partial charge is 0.142 e. The Kier molecular flexibility index (Phi) is 6.66. The third-order valence-corrected chi connectivity index (χ3v) is 4.34. The van der Waals surface area contributed by atoms with Crippen LogP contribution in [-0.4, -0.2) is 11.7 Å². The lowest BCUT2D eigenvalue weighted by Crippen LogP contribution is -1.98. The highest BCUT2D eigenvalue weighted by Crippen LogP contribution is 2.41. The normalized spacial score (nSPS) is 11.0. The molecule has 2 nitrogen and oxygen atoms in total. The standard InChI is InChI=1S/C18H22Cl2O2/c1-2-3-4-5-6-7-11-22-16-10-8-9-13-17(16)14(19)12-15(20)18(13)21/h8-10,12,21H,2-7,11H2,1H3. The van der Waals surface area contributed by atoms with E-state index in [4.69, 9.17) is 27.9 Å². The zero-order chi connectivity index (χ0) is 15.9. The maximum Gasteiger partial charge on any atom is 0.142 e. The first-order valence-electron chi connectivity index (χ1n) is 7.87. The molecule has 0 aliphatic rings. The van der Waals surface area contributed by atoms with Crippen molar-refractivity contribution in [3.63, 3.8) is 0 Å². The minimum absolute atomic E-state index is 0.0473. The number of aromatic hydroxyl groups is 1. The molecule has 120 valence electrons. The van der Waals surface area contributed by atoms with Crippen LogP contribution in [0.1, 0.15) is 45.4 Å². The van der Waals surface area contributed by atoms with Gasteiger partial charge >= 0.3 is 0 Å². The van der Waals surface area contributed by atoms with Gasteiger partial charge in [-0.2, -0.15) is 0 Å². The van der Waals surface area contributed by atoms with Crippen molar-refractivity contribution in [3.05, 3.63) is 34.3 Å². The molecule has 0 aliphatic heterocycles. The first-order valence-corrected chi connectivity index (χ1v) is 8.63. The maximum atomic E-state index is 10.1. The summed E-state index contributed by atoms with van der Waals surface area (Å²) in [7, 11) is 0. The Bertz CT molecular complexity index is 626. The number of halogens is 2. The lowest BCUT2D eigenvalue weighted by atomic mass is 10.1. The molecular weight excluding hydrogens is 319 g/mol. The van der Waals surface area contributed by atoms with E-state index in [1.807, 2.05) is 12.1 Å². The van der Waals surface area contributed by atoms with Crippen LogP contribution in [-0.2, 0) is 0 Å². The highest BCUT2D eigenvalue weighted by Gasteiger charge is 2.13. The van der Waals surface area contributed by atoms with E-state index in [2.05, 4.69) is 6.92 Å². The molecule has 0 bridgehead atoms. The Morgan fingerprint density at radius 3 is 2.50 bits per heavy atom. The fourth-order valence-corrected chi connectivity index (χ4v) is 3.11. The molecule has 0 saturated heterocycles. The van der Waals surface area contributed by atoms with Crippen LogP contribution in [0.2, 0.25) is 10.0 Å². The van der Waals surface area contributed by atoms with Crippen molar-refractivity contribution in [1.82, 2.24) is 0 Å². The van der Waals surface area contributed by atoms with Crippen LogP contribution in [0.3, 0.4) is 0 Å². The Morgan fingerprint density at radius 2 is 1.73 bits per heavy atom. The van der Waals surface area contributed by atoms with Crippen molar-refractivity contribution in [2.45, 2.75) is 45.4 Å². The van der Waals surface area contributed by atoms with Crippen LogP contribution < -0.4 is 4.74 Å². The van der Waals surface area contributed by atoms with E-state index in [0.29, 0.717) is 22.8 Å². The molecule has 2 rings (SSSR count). The van der Waals surface area contributed by atoms with Crippen molar-refractivity contribution in [1.29, 1.82) is 0 Å². The lowest BCUT2D eigenvalue weighted by Gasteiger charge is -2.12. The van der Waals surface area contributed by atoms with Gasteiger partial charge in [-0.25, -0.2) is 0 Å². The van der Waals surface area contributed by atoms with E-state index in [1.54, 1.807) is 12.1 Å². The second kappa shape index (κ2) is 8.50. The van der Waals surface area contributed by atoms with Gasteiger partial charge in [0, 0.05) is 10.8 Å². The number of phenols is 1. The average Bonchev–Trinajstić information content (AvgIpc) is 2.51. The van der Waals surface area contributed by atoms with Gasteiger partial charge in [0.2, 0.25) is 0 Å². The van der Waals surface area contributed by atoms with Crippen LogP contribution in [0.5, 0.6) is 11.5 Å². The molecule has 0 fully saturated rings. The van der Waals surface area contributed by atoms with Gasteiger partial charge in [0.25, 0.3) is 0 Å². The van der Waals surface area contributed by atoms with Crippen LogP contribution >= 0.6 is 23.2 Å². The van der Waals surface area contributed by atoms with Gasteiger partial charge in [0.05, 0.1) is 16.7 Å². The Balaban J connectivity index is 2.01. The van der Waals surface area contributed by atoms with E-state index < -0.39 is 0 Å². The summed E-state index contributed by atoms with van der Waals surface area (Å²) in [6, 6.07) is 7.06. The first kappa shape index (κ1) is 17.2. The van der Waals surface area contributed by atoms with Gasteiger partial charge < -0.3 is 9.84 Å². The molecule has 0 saturated carbocycles. The molecule has 0 amide bonds. The number of fused-ring (bicyclic) bond motifs is 1. The second-order valence-electron chi connectivity index (χ2n) is 5.48. The monoisotopic (exact) mass is 340 g/mol. The van der Waals surface area contributed by atoms with E-state index in [-0.39, 0.29) is 10.8 Å². The average molecular weight is 341 g/mol. The Hall–Kier alpha value is -1.12. The summed E-state index contributed by atoms with van der Waals surface area (Å²) in [5, 5.41) is 12.1. The molecule has 0 radical (unpaired) electrons. The predicted octanol–water partition coefficient (Wildman–Crippen LogP) is 6.59. The summed E-state index contributed by atoms with van der Waals surface area (Å²) in [4.78, 5) is 0. The van der Waals surface area contributed by atoms with Crippen LogP contribution in [0.25, 0.3) is 10.8 Å². The van der Waals surface area contributed by atoms with Gasteiger partial charge in [-0.3, -0.25) is 0 Å². The van der Waals surface area contributed by atoms with Crippen LogP contribution in [0.15, 0.2) is 24.3 Å². The molecule has 0 aliphatic carbocycles. The summed E-state index contributed by atoms with van der Waals surface area (Å²) in [6.07, 6.45) is 7.32. The molecule has 22 heavy (non-hydrogen) atoms. The van der Waals surface area contributed by atoms with Crippen molar-refractivity contribution < 1.29 is 9.84 Å². The summed E-state index contributed by atoms with van der Waals surface area (Å²) in [5.74, 6) is 0.745. The molecule has 4 heteroatoms. The first-order chi connectivity index (χ1) is 10.6. The fraction of sp³-hybridized carbons (Fsp3) is 0.444. The summed E-state index contributed by atoms with van der Waals surface area (Å²) >= 11 is 12.2. The van der Waals surface area contributed by atoms with Crippen molar-refractivity contribution >= 4 is 34.0 Å². The molecule has 0 unspecified atom stereocenters. The van der Waals surface area contributed by atoms with Gasteiger partial charge in [0.15, 0.2) is 0 Å². The van der Waals surface area contributed by atoms with Gasteiger partial charge in [0.1, 0.15) is 11.5 Å². The van der Waals surface area contributed by atoms with E-state index in [0.717, 1.165) is 11.8 Å². The highest BCUT2D eigenvalue weighted by molar-refractivity contribution is 6.40. The number of ether oxygens (including phenoxy) is 1.